The van der Waals surface area contributed by atoms with Crippen LogP contribution in [0.2, 0.25) is 0 Å². The van der Waals surface area contributed by atoms with E-state index < -0.39 is 0 Å². The second-order valence-electron chi connectivity index (χ2n) is 4.15. The molecular weight excluding hydrogens is 292 g/mol. The predicted octanol–water partition coefficient (Wildman–Crippen LogP) is 3.83. The van der Waals surface area contributed by atoms with Gasteiger partial charge in [0.2, 0.25) is 0 Å². The summed E-state index contributed by atoms with van der Waals surface area (Å²) in [7, 11) is 0. The highest BCUT2D eigenvalue weighted by molar-refractivity contribution is 9.10. The number of aromatic nitrogens is 1. The second kappa shape index (κ2) is 5.40. The summed E-state index contributed by atoms with van der Waals surface area (Å²) >= 11 is 3.39. The Bertz CT molecular complexity index is 575. The molecule has 2 aromatic rings. The number of anilines is 1. The van der Waals surface area contributed by atoms with E-state index in [1.807, 2.05) is 54.9 Å². The van der Waals surface area contributed by atoms with Gasteiger partial charge in [-0.05, 0) is 53.5 Å². The van der Waals surface area contributed by atoms with Crippen LogP contribution in [-0.2, 0) is 6.54 Å². The van der Waals surface area contributed by atoms with Gasteiger partial charge in [0.05, 0.1) is 0 Å². The Morgan fingerprint density at radius 1 is 1.39 bits per heavy atom. The summed E-state index contributed by atoms with van der Waals surface area (Å²) in [4.78, 5) is 12.2. The third kappa shape index (κ3) is 2.82. The fraction of sp³-hybridized carbons (Fsp3) is 0.214. The largest absolute Gasteiger partial charge is 0.343 e. The number of aryl methyl sites for hydroxylation is 2. The molecule has 0 saturated heterocycles. The normalized spacial score (nSPS) is 10.4. The SMILES string of the molecule is CCn1cc(Br)cc1C(=O)Nc1cccc(C)c1. The third-order valence-corrected chi connectivity index (χ3v) is 3.15. The van der Waals surface area contributed by atoms with Crippen LogP contribution in [0.15, 0.2) is 41.0 Å². The van der Waals surface area contributed by atoms with Crippen molar-refractivity contribution < 1.29 is 4.79 Å². The standard InChI is InChI=1S/C14H15BrN2O/c1-3-17-9-11(15)8-13(17)14(18)16-12-6-4-5-10(2)7-12/h4-9H,3H2,1-2H3,(H,16,18). The number of rotatable bonds is 3. The fourth-order valence-electron chi connectivity index (χ4n) is 1.84. The summed E-state index contributed by atoms with van der Waals surface area (Å²) in [6.45, 7) is 4.78. The zero-order chi connectivity index (χ0) is 13.1. The lowest BCUT2D eigenvalue weighted by Gasteiger charge is -2.08. The second-order valence-corrected chi connectivity index (χ2v) is 5.07. The van der Waals surface area contributed by atoms with Crippen molar-refractivity contribution >= 4 is 27.5 Å². The lowest BCUT2D eigenvalue weighted by Crippen LogP contribution is -2.16. The maximum atomic E-state index is 12.2. The molecular formula is C14H15BrN2O. The maximum Gasteiger partial charge on any atom is 0.272 e. The summed E-state index contributed by atoms with van der Waals surface area (Å²) < 4.78 is 2.83. The number of carbonyl (C=O) groups is 1. The highest BCUT2D eigenvalue weighted by Crippen LogP contribution is 2.17. The molecule has 0 aliphatic carbocycles. The summed E-state index contributed by atoms with van der Waals surface area (Å²) in [5.41, 5.74) is 2.60. The average Bonchev–Trinajstić information content (AvgIpc) is 2.70. The van der Waals surface area contributed by atoms with Crippen LogP contribution in [-0.4, -0.2) is 10.5 Å². The van der Waals surface area contributed by atoms with Crippen molar-refractivity contribution in [3.05, 3.63) is 52.3 Å². The van der Waals surface area contributed by atoms with E-state index in [4.69, 9.17) is 0 Å². The molecule has 1 amide bonds. The molecule has 0 unspecified atom stereocenters. The maximum absolute atomic E-state index is 12.2. The van der Waals surface area contributed by atoms with E-state index in [1.165, 1.54) is 0 Å². The number of nitrogens with one attached hydrogen (secondary N) is 1. The number of hydrogen-bond acceptors (Lipinski definition) is 1. The molecule has 2 rings (SSSR count). The molecule has 18 heavy (non-hydrogen) atoms. The molecule has 4 heteroatoms. The van der Waals surface area contributed by atoms with Crippen molar-refractivity contribution in [1.29, 1.82) is 0 Å². The van der Waals surface area contributed by atoms with E-state index >= 15 is 0 Å². The minimum atomic E-state index is -0.0897. The Morgan fingerprint density at radius 2 is 2.17 bits per heavy atom. The number of nitrogens with zero attached hydrogens (tertiary/aromatic N) is 1. The van der Waals surface area contributed by atoms with Gasteiger partial charge in [0, 0.05) is 22.9 Å². The molecule has 0 aliphatic heterocycles. The topological polar surface area (TPSA) is 34.0 Å². The van der Waals surface area contributed by atoms with Crippen molar-refractivity contribution in [1.82, 2.24) is 4.57 Å². The molecule has 0 radical (unpaired) electrons. The zero-order valence-electron chi connectivity index (χ0n) is 10.4. The van der Waals surface area contributed by atoms with E-state index in [2.05, 4.69) is 21.2 Å². The van der Waals surface area contributed by atoms with Gasteiger partial charge in [0.15, 0.2) is 0 Å². The predicted molar refractivity (Wildman–Crippen MR) is 76.9 cm³/mol. The Morgan fingerprint density at radius 3 is 2.83 bits per heavy atom. The number of halogens is 1. The highest BCUT2D eigenvalue weighted by atomic mass is 79.9. The van der Waals surface area contributed by atoms with Gasteiger partial charge >= 0.3 is 0 Å². The van der Waals surface area contributed by atoms with Gasteiger partial charge in [-0.15, -0.1) is 0 Å². The van der Waals surface area contributed by atoms with E-state index in [1.54, 1.807) is 0 Å². The zero-order valence-corrected chi connectivity index (χ0v) is 12.0. The molecule has 1 aromatic heterocycles. The minimum Gasteiger partial charge on any atom is -0.343 e. The third-order valence-electron chi connectivity index (χ3n) is 2.71. The molecule has 1 aromatic carbocycles. The Labute approximate surface area is 115 Å². The number of carbonyl (C=O) groups excluding carboxylic acids is 1. The first-order valence-electron chi connectivity index (χ1n) is 5.84. The van der Waals surface area contributed by atoms with Gasteiger partial charge in [0.25, 0.3) is 5.91 Å². The molecule has 0 bridgehead atoms. The van der Waals surface area contributed by atoms with Gasteiger partial charge in [-0.2, -0.15) is 0 Å². The molecule has 0 fully saturated rings. The highest BCUT2D eigenvalue weighted by Gasteiger charge is 2.12. The minimum absolute atomic E-state index is 0.0897. The molecule has 0 spiro atoms. The smallest absolute Gasteiger partial charge is 0.272 e. The van der Waals surface area contributed by atoms with Crippen LogP contribution >= 0.6 is 15.9 Å². The lowest BCUT2D eigenvalue weighted by molar-refractivity contribution is 0.101. The average molecular weight is 307 g/mol. The molecule has 94 valence electrons. The van der Waals surface area contributed by atoms with Gasteiger partial charge in [-0.3, -0.25) is 4.79 Å². The molecule has 0 saturated carbocycles. The Hall–Kier alpha value is -1.55. The first-order valence-corrected chi connectivity index (χ1v) is 6.63. The number of benzene rings is 1. The van der Waals surface area contributed by atoms with E-state index in [0.717, 1.165) is 22.3 Å². The van der Waals surface area contributed by atoms with E-state index in [-0.39, 0.29) is 5.91 Å². The van der Waals surface area contributed by atoms with Gasteiger partial charge in [-0.25, -0.2) is 0 Å². The monoisotopic (exact) mass is 306 g/mol. The molecule has 0 aliphatic rings. The molecule has 3 nitrogen and oxygen atoms in total. The first kappa shape index (κ1) is 12.9. The lowest BCUT2D eigenvalue weighted by atomic mass is 10.2. The number of hydrogen-bond donors (Lipinski definition) is 1. The van der Waals surface area contributed by atoms with Crippen LogP contribution in [0.4, 0.5) is 5.69 Å². The van der Waals surface area contributed by atoms with Gasteiger partial charge in [0.1, 0.15) is 5.69 Å². The van der Waals surface area contributed by atoms with E-state index in [0.29, 0.717) is 5.69 Å². The van der Waals surface area contributed by atoms with Crippen LogP contribution in [0.1, 0.15) is 23.0 Å². The van der Waals surface area contributed by atoms with Crippen molar-refractivity contribution in [2.75, 3.05) is 5.32 Å². The summed E-state index contributed by atoms with van der Waals surface area (Å²) in [6, 6.07) is 9.60. The molecule has 1 heterocycles. The fourth-order valence-corrected chi connectivity index (χ4v) is 2.31. The summed E-state index contributed by atoms with van der Waals surface area (Å²) in [6.07, 6.45) is 1.91. The summed E-state index contributed by atoms with van der Waals surface area (Å²) in [5.74, 6) is -0.0897. The Balaban J connectivity index is 2.21. The Kier molecular flexibility index (Phi) is 3.87. The van der Waals surface area contributed by atoms with Crippen LogP contribution < -0.4 is 5.32 Å². The molecule has 0 atom stereocenters. The van der Waals surface area contributed by atoms with Crippen molar-refractivity contribution in [2.24, 2.45) is 0 Å². The molecule has 1 N–H and O–H groups in total. The van der Waals surface area contributed by atoms with Crippen molar-refractivity contribution in [2.45, 2.75) is 20.4 Å². The van der Waals surface area contributed by atoms with Crippen molar-refractivity contribution in [3.8, 4) is 0 Å². The van der Waals surface area contributed by atoms with Crippen LogP contribution in [0.3, 0.4) is 0 Å². The van der Waals surface area contributed by atoms with Crippen LogP contribution in [0.5, 0.6) is 0 Å². The van der Waals surface area contributed by atoms with Crippen LogP contribution in [0.25, 0.3) is 0 Å². The summed E-state index contributed by atoms with van der Waals surface area (Å²) in [5, 5.41) is 2.91. The first-order chi connectivity index (χ1) is 8.60. The van der Waals surface area contributed by atoms with Gasteiger partial charge in [-0.1, -0.05) is 12.1 Å². The number of amides is 1. The van der Waals surface area contributed by atoms with Crippen molar-refractivity contribution in [3.63, 3.8) is 0 Å². The van der Waals surface area contributed by atoms with Crippen LogP contribution in [0, 0.1) is 6.92 Å². The van der Waals surface area contributed by atoms with Gasteiger partial charge < -0.3 is 9.88 Å². The van der Waals surface area contributed by atoms with E-state index in [9.17, 15) is 4.79 Å². The quantitative estimate of drug-likeness (QED) is 0.918.